The number of rotatable bonds is 6. The van der Waals surface area contributed by atoms with Crippen molar-refractivity contribution in [1.82, 2.24) is 18.7 Å². The zero-order valence-electron chi connectivity index (χ0n) is 32.6. The smallest absolute Gasteiger partial charge is 0.269 e. The number of ether oxygens (including phenoxy) is 1. The van der Waals surface area contributed by atoms with Gasteiger partial charge in [-0.2, -0.15) is 0 Å². The molecule has 7 nitrogen and oxygen atoms in total. The summed E-state index contributed by atoms with van der Waals surface area (Å²) in [5.74, 6) is 2.21. The fourth-order valence-corrected chi connectivity index (χ4v) is 9.27. The fourth-order valence-electron chi connectivity index (χ4n) is 9.27. The van der Waals surface area contributed by atoms with E-state index in [-0.39, 0.29) is 0 Å². The van der Waals surface area contributed by atoms with Crippen LogP contribution in [-0.2, 0) is 0 Å². The second-order valence-electron chi connectivity index (χ2n) is 15.4. The topological polar surface area (TPSA) is 53.9 Å². The fraction of sp³-hybridized carbons (Fsp3) is 0. The van der Waals surface area contributed by atoms with Crippen LogP contribution >= 0.6 is 0 Å². The van der Waals surface area contributed by atoms with E-state index >= 15 is 0 Å². The van der Waals surface area contributed by atoms with E-state index in [4.69, 9.17) is 14.1 Å². The molecule has 0 aliphatic carbocycles. The Morgan fingerprint density at radius 3 is 1.87 bits per heavy atom. The van der Waals surface area contributed by atoms with E-state index in [1.807, 2.05) is 48.7 Å². The van der Waals surface area contributed by atoms with Crippen LogP contribution < -0.4 is 9.30 Å². The molecule has 5 aromatic heterocycles. The maximum Gasteiger partial charge on any atom is 0.269 e. The number of furan rings is 1. The maximum absolute atomic E-state index is 6.71. The number of benzene rings is 8. The Labute approximate surface area is 348 Å². The summed E-state index contributed by atoms with van der Waals surface area (Å²) in [5.41, 5.74) is 11.1. The van der Waals surface area contributed by atoms with Crippen molar-refractivity contribution >= 4 is 76.6 Å². The summed E-state index contributed by atoms with van der Waals surface area (Å²) in [6, 6.07) is 67.3. The molecule has 0 N–H and O–H groups in total. The van der Waals surface area contributed by atoms with Crippen molar-refractivity contribution in [2.24, 2.45) is 0 Å². The summed E-state index contributed by atoms with van der Waals surface area (Å²) in [5, 5.41) is 6.75. The Morgan fingerprint density at radius 2 is 1.08 bits per heavy atom. The number of imidazole rings is 1. The van der Waals surface area contributed by atoms with E-state index in [2.05, 4.69) is 176 Å². The third kappa shape index (κ3) is 5.11. The summed E-state index contributed by atoms with van der Waals surface area (Å²) < 4.78 is 21.8. The molecule has 61 heavy (non-hydrogen) atoms. The summed E-state index contributed by atoms with van der Waals surface area (Å²) in [6.07, 6.45) is 5.66. The molecule has 13 rings (SSSR count). The van der Waals surface area contributed by atoms with E-state index in [9.17, 15) is 0 Å². The molecule has 7 heteroatoms. The Morgan fingerprint density at radius 1 is 0.459 bits per heavy atom. The number of fused-ring (bicyclic) bond motifs is 10. The van der Waals surface area contributed by atoms with Crippen LogP contribution in [0.1, 0.15) is 0 Å². The summed E-state index contributed by atoms with van der Waals surface area (Å²) in [6.45, 7) is 0. The van der Waals surface area contributed by atoms with Crippen molar-refractivity contribution in [2.45, 2.75) is 0 Å². The third-order valence-electron chi connectivity index (χ3n) is 11.9. The van der Waals surface area contributed by atoms with Gasteiger partial charge in [-0.25, -0.2) is 4.98 Å². The Balaban J connectivity index is 0.910. The van der Waals surface area contributed by atoms with E-state index in [0.29, 0.717) is 5.75 Å². The Kier molecular flexibility index (Phi) is 7.17. The highest BCUT2D eigenvalue weighted by Gasteiger charge is 2.20. The molecule has 0 spiro atoms. The Bertz CT molecular complexity index is 3830. The number of hydrogen-bond donors (Lipinski definition) is 0. The van der Waals surface area contributed by atoms with Crippen molar-refractivity contribution in [3.8, 4) is 34.4 Å². The summed E-state index contributed by atoms with van der Waals surface area (Å²) in [7, 11) is 0. The van der Waals surface area contributed by atoms with Crippen molar-refractivity contribution in [3.05, 3.63) is 207 Å². The highest BCUT2D eigenvalue weighted by atomic mass is 16.5. The van der Waals surface area contributed by atoms with Crippen LogP contribution in [0, 0.1) is 6.33 Å². The lowest BCUT2D eigenvalue weighted by molar-refractivity contribution is -0.572. The second-order valence-corrected chi connectivity index (χ2v) is 15.4. The van der Waals surface area contributed by atoms with Gasteiger partial charge in [0.25, 0.3) is 6.33 Å². The predicted octanol–water partition coefficient (Wildman–Crippen LogP) is 13.0. The first kappa shape index (κ1) is 33.5. The van der Waals surface area contributed by atoms with Gasteiger partial charge >= 0.3 is 0 Å². The molecule has 0 saturated heterocycles. The largest absolute Gasteiger partial charge is 0.458 e. The van der Waals surface area contributed by atoms with Crippen LogP contribution in [0.2, 0.25) is 0 Å². The van der Waals surface area contributed by atoms with E-state index in [1.54, 1.807) is 0 Å². The molecule has 0 unspecified atom stereocenters. The van der Waals surface area contributed by atoms with Gasteiger partial charge < -0.3 is 13.7 Å². The molecule has 0 atom stereocenters. The van der Waals surface area contributed by atoms with Gasteiger partial charge in [-0.3, -0.25) is 13.7 Å². The number of para-hydroxylation sites is 8. The molecule has 0 fully saturated rings. The molecule has 0 aliphatic rings. The van der Waals surface area contributed by atoms with E-state index in [1.165, 1.54) is 10.8 Å². The first-order chi connectivity index (χ1) is 30.2. The number of aromatic nitrogens is 5. The number of pyridine rings is 1. The van der Waals surface area contributed by atoms with Crippen LogP contribution in [0.3, 0.4) is 0 Å². The monoisotopic (exact) mass is 783 g/mol. The molecule has 0 radical (unpaired) electrons. The van der Waals surface area contributed by atoms with Crippen molar-refractivity contribution in [3.63, 3.8) is 0 Å². The first-order valence-corrected chi connectivity index (χ1v) is 20.4. The first-order valence-electron chi connectivity index (χ1n) is 20.4. The minimum atomic E-state index is 0.713. The van der Waals surface area contributed by atoms with Gasteiger partial charge in [-0.1, -0.05) is 115 Å². The molecule has 286 valence electrons. The van der Waals surface area contributed by atoms with Gasteiger partial charge in [0.15, 0.2) is 0 Å². The molecular formula is C54H33N5O2. The minimum absolute atomic E-state index is 0.713. The zero-order valence-corrected chi connectivity index (χ0v) is 32.6. The van der Waals surface area contributed by atoms with Crippen LogP contribution in [0.15, 0.2) is 205 Å². The van der Waals surface area contributed by atoms with Crippen LogP contribution in [0.25, 0.3) is 99.5 Å². The second kappa shape index (κ2) is 13.0. The molecule has 0 bridgehead atoms. The summed E-state index contributed by atoms with van der Waals surface area (Å²) in [4.78, 5) is 4.98. The van der Waals surface area contributed by atoms with Crippen molar-refractivity contribution in [1.29, 1.82) is 0 Å². The van der Waals surface area contributed by atoms with Crippen LogP contribution in [0.4, 0.5) is 0 Å². The van der Waals surface area contributed by atoms with Gasteiger partial charge in [0, 0.05) is 50.6 Å². The van der Waals surface area contributed by atoms with Crippen molar-refractivity contribution in [2.75, 3.05) is 0 Å². The minimum Gasteiger partial charge on any atom is -0.458 e. The highest BCUT2D eigenvalue weighted by molar-refractivity contribution is 6.11. The number of nitrogens with zero attached hydrogens (tertiary/aromatic N) is 5. The standard InChI is InChI=1S/C54H33N5O2/c1-5-20-44-38(16-1)39-17-2-6-21-45(39)58(44)50-26-11-10-25-49(50)57-34-56(47-23-8-9-24-48(47)57)35-14-13-15-36(30-35)60-37-28-29-41-40-18-3-7-22-46(40)59(51(41)31-37)54-32-53-43(33-55-54)42-19-4-12-27-52(42)61-53/h1-33H. The van der Waals surface area contributed by atoms with Gasteiger partial charge in [0.1, 0.15) is 28.5 Å². The Hall–Kier alpha value is -8.42. The average molecular weight is 784 g/mol. The molecule has 0 amide bonds. The van der Waals surface area contributed by atoms with E-state index < -0.39 is 0 Å². The quantitative estimate of drug-likeness (QED) is 0.125. The highest BCUT2D eigenvalue weighted by Crippen LogP contribution is 2.38. The van der Waals surface area contributed by atoms with Crippen molar-refractivity contribution < 1.29 is 13.7 Å². The lowest BCUT2D eigenvalue weighted by Gasteiger charge is -2.14. The maximum atomic E-state index is 6.71. The van der Waals surface area contributed by atoms with E-state index in [0.717, 1.165) is 94.4 Å². The van der Waals surface area contributed by atoms with Gasteiger partial charge in [-0.15, -0.1) is 0 Å². The zero-order chi connectivity index (χ0) is 40.0. The molecule has 5 heterocycles. The lowest BCUT2D eigenvalue weighted by atomic mass is 10.1. The number of hydrogen-bond acceptors (Lipinski definition) is 3. The molecule has 0 aliphatic heterocycles. The summed E-state index contributed by atoms with van der Waals surface area (Å²) >= 11 is 0. The molecule has 13 aromatic rings. The average Bonchev–Trinajstić information content (AvgIpc) is 4.07. The van der Waals surface area contributed by atoms with Crippen LogP contribution in [0.5, 0.6) is 11.5 Å². The predicted molar refractivity (Wildman–Crippen MR) is 244 cm³/mol. The van der Waals surface area contributed by atoms with Crippen LogP contribution in [-0.4, -0.2) is 18.7 Å². The molecule has 0 saturated carbocycles. The normalized spacial score (nSPS) is 11.9. The SMILES string of the molecule is [c-]1n(-c2cccc(Oc3ccc4c5ccccc5n(-c5cc6oc7ccccc7c6cn5)c4c3)c2)c2ccccc2[n+]1-c1ccccc1-n1c2ccccc2c2ccccc21. The van der Waals surface area contributed by atoms with Gasteiger partial charge in [0.2, 0.25) is 0 Å². The lowest BCUT2D eigenvalue weighted by Crippen LogP contribution is -2.31. The molecular weight excluding hydrogens is 751 g/mol. The van der Waals surface area contributed by atoms with Gasteiger partial charge in [-0.05, 0) is 66.7 Å². The third-order valence-corrected chi connectivity index (χ3v) is 11.9. The molecule has 8 aromatic carbocycles. The van der Waals surface area contributed by atoms with Gasteiger partial charge in [0.05, 0.1) is 50.2 Å².